The second-order valence-corrected chi connectivity index (χ2v) is 5.10. The summed E-state index contributed by atoms with van der Waals surface area (Å²) in [5.41, 5.74) is 1.45. The van der Waals surface area contributed by atoms with Crippen LogP contribution in [0.3, 0.4) is 0 Å². The molecule has 0 unspecified atom stereocenters. The number of carboxylic acid groups (broad SMARTS) is 1. The van der Waals surface area contributed by atoms with Crippen molar-refractivity contribution in [1.29, 1.82) is 0 Å². The Morgan fingerprint density at radius 3 is 3.10 bits per heavy atom. The Kier molecular flexibility index (Phi) is 3.82. The maximum absolute atomic E-state index is 10.7. The minimum atomic E-state index is -0.886. The molecule has 3 aromatic heterocycles. The first kappa shape index (κ1) is 13.6. The lowest BCUT2D eigenvalue weighted by Crippen LogP contribution is -2.06. The number of fused-ring (bicyclic) bond motifs is 1. The van der Waals surface area contributed by atoms with Crippen LogP contribution in [0.4, 0.5) is 0 Å². The van der Waals surface area contributed by atoms with E-state index in [1.807, 2.05) is 10.6 Å². The van der Waals surface area contributed by atoms with Crippen molar-refractivity contribution in [3.05, 3.63) is 30.5 Å². The van der Waals surface area contributed by atoms with Crippen LogP contribution < -0.4 is 0 Å². The van der Waals surface area contributed by atoms with Crippen molar-refractivity contribution in [2.45, 2.75) is 18.1 Å². The monoisotopic (exact) mass is 305 g/mol. The van der Waals surface area contributed by atoms with Crippen LogP contribution in [0.2, 0.25) is 0 Å². The molecular weight excluding hydrogens is 294 g/mol. The number of pyridine rings is 1. The van der Waals surface area contributed by atoms with E-state index in [1.165, 1.54) is 6.33 Å². The molecule has 21 heavy (non-hydrogen) atoms. The fourth-order valence-corrected chi connectivity index (χ4v) is 2.64. The molecule has 0 radical (unpaired) electrons. The van der Waals surface area contributed by atoms with E-state index in [2.05, 4.69) is 20.1 Å². The SMILES string of the molecule is O=C(O)CSc1nc2cccnc2n1CCc1ncno1. The van der Waals surface area contributed by atoms with E-state index in [-0.39, 0.29) is 5.75 Å². The van der Waals surface area contributed by atoms with Crippen molar-refractivity contribution in [2.75, 3.05) is 5.75 Å². The Labute approximate surface area is 123 Å². The van der Waals surface area contributed by atoms with Crippen LogP contribution >= 0.6 is 11.8 Å². The summed E-state index contributed by atoms with van der Waals surface area (Å²) in [5.74, 6) is -0.422. The molecule has 3 aromatic rings. The molecule has 0 saturated heterocycles. The van der Waals surface area contributed by atoms with Gasteiger partial charge in [0.15, 0.2) is 17.1 Å². The Balaban J connectivity index is 1.89. The van der Waals surface area contributed by atoms with Gasteiger partial charge >= 0.3 is 5.97 Å². The number of nitrogens with zero attached hydrogens (tertiary/aromatic N) is 5. The first-order valence-electron chi connectivity index (χ1n) is 6.15. The topological polar surface area (TPSA) is 107 Å². The van der Waals surface area contributed by atoms with Gasteiger partial charge in [-0.3, -0.25) is 4.79 Å². The summed E-state index contributed by atoms with van der Waals surface area (Å²) >= 11 is 1.16. The first-order valence-corrected chi connectivity index (χ1v) is 7.14. The van der Waals surface area contributed by atoms with Gasteiger partial charge in [0, 0.05) is 19.2 Å². The fraction of sp³-hybridized carbons (Fsp3) is 0.250. The summed E-state index contributed by atoms with van der Waals surface area (Å²) in [7, 11) is 0. The Bertz CT molecular complexity index is 755. The fourth-order valence-electron chi connectivity index (χ4n) is 1.89. The van der Waals surface area contributed by atoms with E-state index in [0.29, 0.717) is 29.7 Å². The van der Waals surface area contributed by atoms with E-state index in [1.54, 1.807) is 12.3 Å². The number of carbonyl (C=O) groups is 1. The maximum atomic E-state index is 10.7. The molecule has 0 atom stereocenters. The molecule has 8 nitrogen and oxygen atoms in total. The molecule has 108 valence electrons. The second kappa shape index (κ2) is 5.92. The highest BCUT2D eigenvalue weighted by Gasteiger charge is 2.14. The number of aryl methyl sites for hydroxylation is 2. The summed E-state index contributed by atoms with van der Waals surface area (Å²) in [6.07, 6.45) is 3.56. The van der Waals surface area contributed by atoms with Crippen LogP contribution in [-0.2, 0) is 17.8 Å². The molecular formula is C12H11N5O3S. The predicted molar refractivity (Wildman–Crippen MR) is 73.9 cm³/mol. The molecule has 9 heteroatoms. The van der Waals surface area contributed by atoms with Gasteiger partial charge in [0.1, 0.15) is 5.52 Å². The molecule has 3 rings (SSSR count). The highest BCUT2D eigenvalue weighted by molar-refractivity contribution is 7.99. The first-order chi connectivity index (χ1) is 10.2. The molecule has 3 heterocycles. The van der Waals surface area contributed by atoms with Gasteiger partial charge in [-0.2, -0.15) is 4.98 Å². The van der Waals surface area contributed by atoms with Crippen molar-refractivity contribution in [1.82, 2.24) is 24.7 Å². The third-order valence-corrected chi connectivity index (χ3v) is 3.71. The second-order valence-electron chi connectivity index (χ2n) is 4.16. The quantitative estimate of drug-likeness (QED) is 0.678. The molecule has 0 saturated carbocycles. The molecule has 1 N–H and O–H groups in total. The Hall–Kier alpha value is -2.42. The van der Waals surface area contributed by atoms with Crippen molar-refractivity contribution in [3.8, 4) is 0 Å². The van der Waals surface area contributed by atoms with E-state index in [0.717, 1.165) is 17.3 Å². The Morgan fingerprint density at radius 1 is 1.43 bits per heavy atom. The minimum Gasteiger partial charge on any atom is -0.481 e. The van der Waals surface area contributed by atoms with Gasteiger partial charge in [-0.1, -0.05) is 16.9 Å². The smallest absolute Gasteiger partial charge is 0.313 e. The van der Waals surface area contributed by atoms with Crippen molar-refractivity contribution in [3.63, 3.8) is 0 Å². The molecule has 0 amide bonds. The number of aromatic nitrogens is 5. The van der Waals surface area contributed by atoms with Crippen LogP contribution in [0.15, 0.2) is 34.3 Å². The van der Waals surface area contributed by atoms with Crippen molar-refractivity contribution in [2.24, 2.45) is 0 Å². The Morgan fingerprint density at radius 2 is 2.33 bits per heavy atom. The lowest BCUT2D eigenvalue weighted by molar-refractivity contribution is -0.133. The van der Waals surface area contributed by atoms with Crippen LogP contribution in [0.1, 0.15) is 5.89 Å². The number of aliphatic carboxylic acids is 1. The average Bonchev–Trinajstić information content (AvgIpc) is 3.10. The van der Waals surface area contributed by atoms with E-state index >= 15 is 0 Å². The highest BCUT2D eigenvalue weighted by atomic mass is 32.2. The van der Waals surface area contributed by atoms with Gasteiger partial charge in [-0.15, -0.1) is 0 Å². The normalized spacial score (nSPS) is 11.0. The number of carboxylic acids is 1. The lowest BCUT2D eigenvalue weighted by atomic mass is 10.4. The third kappa shape index (κ3) is 3.02. The van der Waals surface area contributed by atoms with Gasteiger partial charge in [0.2, 0.25) is 5.89 Å². The maximum Gasteiger partial charge on any atom is 0.313 e. The van der Waals surface area contributed by atoms with Gasteiger partial charge in [0.05, 0.1) is 5.75 Å². The molecule has 0 spiro atoms. The zero-order chi connectivity index (χ0) is 14.7. The summed E-state index contributed by atoms with van der Waals surface area (Å²) < 4.78 is 6.83. The van der Waals surface area contributed by atoms with E-state index in [4.69, 9.17) is 9.63 Å². The van der Waals surface area contributed by atoms with Crippen LogP contribution in [0.25, 0.3) is 11.2 Å². The summed E-state index contributed by atoms with van der Waals surface area (Å²) in [6.45, 7) is 0.539. The zero-order valence-electron chi connectivity index (χ0n) is 10.8. The number of thioether (sulfide) groups is 1. The molecule has 0 aliphatic carbocycles. The molecule has 0 bridgehead atoms. The minimum absolute atomic E-state index is 0.0517. The van der Waals surface area contributed by atoms with Gasteiger partial charge < -0.3 is 14.2 Å². The highest BCUT2D eigenvalue weighted by Crippen LogP contribution is 2.23. The standard InChI is InChI=1S/C12H11N5O3S/c18-10(19)6-21-12-16-8-2-1-4-13-11(8)17(12)5-3-9-14-7-15-20-9/h1-2,4,7H,3,5-6H2,(H,18,19). The summed E-state index contributed by atoms with van der Waals surface area (Å²) in [5, 5.41) is 13.0. The third-order valence-electron chi connectivity index (χ3n) is 2.75. The molecule has 0 fully saturated rings. The number of hydrogen-bond donors (Lipinski definition) is 1. The number of imidazole rings is 1. The lowest BCUT2D eigenvalue weighted by Gasteiger charge is -2.05. The van der Waals surface area contributed by atoms with Crippen molar-refractivity contribution < 1.29 is 14.4 Å². The van der Waals surface area contributed by atoms with Gasteiger partial charge in [0.25, 0.3) is 0 Å². The van der Waals surface area contributed by atoms with Crippen LogP contribution in [0.5, 0.6) is 0 Å². The van der Waals surface area contributed by atoms with E-state index in [9.17, 15) is 4.79 Å². The number of rotatable bonds is 6. The summed E-state index contributed by atoms with van der Waals surface area (Å²) in [4.78, 5) is 23.4. The van der Waals surface area contributed by atoms with Crippen LogP contribution in [-0.4, -0.2) is 41.5 Å². The molecule has 0 aliphatic heterocycles. The summed E-state index contributed by atoms with van der Waals surface area (Å²) in [6, 6.07) is 3.64. The van der Waals surface area contributed by atoms with Gasteiger partial charge in [-0.25, -0.2) is 9.97 Å². The largest absolute Gasteiger partial charge is 0.481 e. The van der Waals surface area contributed by atoms with E-state index < -0.39 is 5.97 Å². The average molecular weight is 305 g/mol. The molecule has 0 aromatic carbocycles. The van der Waals surface area contributed by atoms with Crippen LogP contribution in [0, 0.1) is 0 Å². The number of hydrogen-bond acceptors (Lipinski definition) is 7. The van der Waals surface area contributed by atoms with Gasteiger partial charge in [-0.05, 0) is 12.1 Å². The van der Waals surface area contributed by atoms with Crippen molar-refractivity contribution >= 4 is 28.9 Å². The molecule has 0 aliphatic rings. The predicted octanol–water partition coefficient (Wildman–Crippen LogP) is 1.23. The zero-order valence-corrected chi connectivity index (χ0v) is 11.7.